The van der Waals surface area contributed by atoms with Gasteiger partial charge in [0.25, 0.3) is 5.91 Å². The minimum Gasteiger partial charge on any atom is -0.348 e. The van der Waals surface area contributed by atoms with Crippen molar-refractivity contribution >= 4 is 11.7 Å². The molecule has 0 bridgehead atoms. The van der Waals surface area contributed by atoms with Crippen LogP contribution in [0.3, 0.4) is 0 Å². The fraction of sp³-hybridized carbons (Fsp3) is 0.100. The van der Waals surface area contributed by atoms with Crippen molar-refractivity contribution in [2.24, 2.45) is 0 Å². The normalized spacial score (nSPS) is 10.3. The number of carbonyl (C=O) groups excluding carboxylic acids is 2. The van der Waals surface area contributed by atoms with Crippen LogP contribution in [0.1, 0.15) is 33.2 Å². The predicted octanol–water partition coefficient (Wildman–Crippen LogP) is 3.28. The number of nitrogens with zero attached hydrogens (tertiary/aromatic N) is 2. The molecule has 0 fully saturated rings. The van der Waals surface area contributed by atoms with Gasteiger partial charge in [-0.05, 0) is 36.8 Å². The van der Waals surface area contributed by atoms with E-state index in [0.29, 0.717) is 23.4 Å². The lowest BCUT2D eigenvalue weighted by Crippen LogP contribution is -2.22. The van der Waals surface area contributed by atoms with Crippen LogP contribution in [0.25, 0.3) is 11.3 Å². The Kier molecular flexibility index (Phi) is 4.95. The van der Waals surface area contributed by atoms with Crippen molar-refractivity contribution in [3.63, 3.8) is 0 Å². The van der Waals surface area contributed by atoms with E-state index in [4.69, 9.17) is 0 Å². The number of amides is 1. The summed E-state index contributed by atoms with van der Waals surface area (Å²) < 4.78 is 0. The van der Waals surface area contributed by atoms with Crippen molar-refractivity contribution in [1.29, 1.82) is 0 Å². The van der Waals surface area contributed by atoms with Crippen LogP contribution in [0, 0.1) is 0 Å². The molecule has 1 amide bonds. The third-order valence-corrected chi connectivity index (χ3v) is 3.76. The highest BCUT2D eigenvalue weighted by atomic mass is 16.1. The highest BCUT2D eigenvalue weighted by Crippen LogP contribution is 2.19. The second kappa shape index (κ2) is 7.49. The van der Waals surface area contributed by atoms with E-state index in [9.17, 15) is 9.59 Å². The van der Waals surface area contributed by atoms with Crippen LogP contribution >= 0.6 is 0 Å². The molecule has 25 heavy (non-hydrogen) atoms. The Hall–Kier alpha value is -3.34. The van der Waals surface area contributed by atoms with Crippen LogP contribution < -0.4 is 5.32 Å². The van der Waals surface area contributed by atoms with Gasteiger partial charge in [0, 0.05) is 41.8 Å². The average Bonchev–Trinajstić information content (AvgIpc) is 2.67. The molecule has 2 heterocycles. The molecule has 0 unspecified atom stereocenters. The maximum absolute atomic E-state index is 12.4. The third kappa shape index (κ3) is 4.14. The fourth-order valence-electron chi connectivity index (χ4n) is 2.41. The summed E-state index contributed by atoms with van der Waals surface area (Å²) in [5.74, 6) is -0.192. The standard InChI is InChI=1S/C20H17N3O2/c1-14(24)16-5-2-6-17(10-16)19-11-18(7-9-22-19)20(25)23-13-15-4-3-8-21-12-15/h2-12H,13H2,1H3,(H,23,25). The summed E-state index contributed by atoms with van der Waals surface area (Å²) in [6.07, 6.45) is 5.00. The lowest BCUT2D eigenvalue weighted by Gasteiger charge is -2.07. The molecule has 2 aromatic heterocycles. The molecule has 0 aliphatic heterocycles. The van der Waals surface area contributed by atoms with E-state index in [2.05, 4.69) is 15.3 Å². The maximum Gasteiger partial charge on any atom is 0.251 e. The third-order valence-electron chi connectivity index (χ3n) is 3.76. The number of hydrogen-bond acceptors (Lipinski definition) is 4. The van der Waals surface area contributed by atoms with Crippen molar-refractivity contribution in [2.75, 3.05) is 0 Å². The zero-order valence-corrected chi connectivity index (χ0v) is 13.8. The van der Waals surface area contributed by atoms with E-state index >= 15 is 0 Å². The topological polar surface area (TPSA) is 72.0 Å². The van der Waals surface area contributed by atoms with Gasteiger partial charge in [-0.2, -0.15) is 0 Å². The molecule has 1 aromatic carbocycles. The van der Waals surface area contributed by atoms with E-state index < -0.39 is 0 Å². The van der Waals surface area contributed by atoms with Gasteiger partial charge in [-0.25, -0.2) is 0 Å². The van der Waals surface area contributed by atoms with Gasteiger partial charge in [-0.15, -0.1) is 0 Å². The molecule has 0 atom stereocenters. The number of rotatable bonds is 5. The first-order chi connectivity index (χ1) is 12.1. The molecule has 0 saturated heterocycles. The van der Waals surface area contributed by atoms with Gasteiger partial charge in [-0.3, -0.25) is 19.6 Å². The number of hydrogen-bond donors (Lipinski definition) is 1. The van der Waals surface area contributed by atoms with E-state index in [0.717, 1.165) is 11.1 Å². The number of ketones is 1. The summed E-state index contributed by atoms with van der Waals surface area (Å²) in [4.78, 5) is 32.2. The summed E-state index contributed by atoms with van der Waals surface area (Å²) >= 11 is 0. The molecular weight excluding hydrogens is 314 g/mol. The molecule has 0 spiro atoms. The Morgan fingerprint density at radius 3 is 2.64 bits per heavy atom. The van der Waals surface area contributed by atoms with Crippen LogP contribution in [-0.4, -0.2) is 21.7 Å². The van der Waals surface area contributed by atoms with Crippen molar-refractivity contribution in [2.45, 2.75) is 13.5 Å². The minimum atomic E-state index is -0.185. The molecule has 124 valence electrons. The van der Waals surface area contributed by atoms with Gasteiger partial charge < -0.3 is 5.32 Å². The number of carbonyl (C=O) groups is 2. The zero-order valence-electron chi connectivity index (χ0n) is 13.8. The number of pyridine rings is 2. The van der Waals surface area contributed by atoms with E-state index in [-0.39, 0.29) is 11.7 Å². The first kappa shape index (κ1) is 16.5. The van der Waals surface area contributed by atoms with Crippen LogP contribution in [0.15, 0.2) is 67.1 Å². The molecule has 0 radical (unpaired) electrons. The number of aromatic nitrogens is 2. The molecule has 0 aliphatic carbocycles. The van der Waals surface area contributed by atoms with Gasteiger partial charge in [0.05, 0.1) is 5.69 Å². The van der Waals surface area contributed by atoms with Crippen molar-refractivity contribution < 1.29 is 9.59 Å². The number of Topliss-reactive ketones (excluding diaryl/α,β-unsaturated/α-hetero) is 1. The molecule has 3 rings (SSSR count). The van der Waals surface area contributed by atoms with Crippen LogP contribution in [0.4, 0.5) is 0 Å². The van der Waals surface area contributed by atoms with Gasteiger partial charge in [0.15, 0.2) is 5.78 Å². The maximum atomic E-state index is 12.4. The largest absolute Gasteiger partial charge is 0.348 e. The van der Waals surface area contributed by atoms with Gasteiger partial charge in [-0.1, -0.05) is 24.3 Å². The highest BCUT2D eigenvalue weighted by Gasteiger charge is 2.09. The monoisotopic (exact) mass is 331 g/mol. The predicted molar refractivity (Wildman–Crippen MR) is 95.1 cm³/mol. The second-order valence-electron chi connectivity index (χ2n) is 5.61. The molecule has 0 saturated carbocycles. The fourth-order valence-corrected chi connectivity index (χ4v) is 2.41. The van der Waals surface area contributed by atoms with Crippen LogP contribution in [0.5, 0.6) is 0 Å². The lowest BCUT2D eigenvalue weighted by molar-refractivity contribution is 0.0949. The minimum absolute atomic E-state index is 0.00721. The number of nitrogens with one attached hydrogen (secondary N) is 1. The Balaban J connectivity index is 1.78. The summed E-state index contributed by atoms with van der Waals surface area (Å²) in [5.41, 5.74) is 3.51. The van der Waals surface area contributed by atoms with Crippen molar-refractivity contribution in [1.82, 2.24) is 15.3 Å². The average molecular weight is 331 g/mol. The summed E-state index contributed by atoms with van der Waals surface area (Å²) in [5, 5.41) is 2.86. The summed E-state index contributed by atoms with van der Waals surface area (Å²) in [6, 6.07) is 14.3. The SMILES string of the molecule is CC(=O)c1cccc(-c2cc(C(=O)NCc3cccnc3)ccn2)c1. The zero-order chi connectivity index (χ0) is 17.6. The van der Waals surface area contributed by atoms with Gasteiger partial charge in [0.2, 0.25) is 0 Å². The highest BCUT2D eigenvalue weighted by molar-refractivity contribution is 5.96. The lowest BCUT2D eigenvalue weighted by atomic mass is 10.0. The first-order valence-electron chi connectivity index (χ1n) is 7.88. The van der Waals surface area contributed by atoms with Gasteiger partial charge >= 0.3 is 0 Å². The Morgan fingerprint density at radius 1 is 1.00 bits per heavy atom. The second-order valence-corrected chi connectivity index (χ2v) is 5.61. The Labute approximate surface area is 145 Å². The van der Waals surface area contributed by atoms with Crippen LogP contribution in [0.2, 0.25) is 0 Å². The molecular formula is C20H17N3O2. The molecule has 0 aliphatic rings. The van der Waals surface area contributed by atoms with E-state index in [1.165, 1.54) is 6.92 Å². The summed E-state index contributed by atoms with van der Waals surface area (Å²) in [7, 11) is 0. The van der Waals surface area contributed by atoms with Crippen molar-refractivity contribution in [3.05, 3.63) is 83.8 Å². The number of benzene rings is 1. The van der Waals surface area contributed by atoms with Gasteiger partial charge in [0.1, 0.15) is 0 Å². The van der Waals surface area contributed by atoms with E-state index in [1.54, 1.807) is 42.9 Å². The molecule has 1 N–H and O–H groups in total. The molecule has 3 aromatic rings. The first-order valence-corrected chi connectivity index (χ1v) is 7.88. The van der Waals surface area contributed by atoms with E-state index in [1.807, 2.05) is 24.3 Å². The molecule has 5 nitrogen and oxygen atoms in total. The smallest absolute Gasteiger partial charge is 0.251 e. The van der Waals surface area contributed by atoms with Crippen LogP contribution in [-0.2, 0) is 6.54 Å². The quantitative estimate of drug-likeness (QED) is 0.728. The summed E-state index contributed by atoms with van der Waals surface area (Å²) in [6.45, 7) is 1.93. The van der Waals surface area contributed by atoms with Crippen molar-refractivity contribution in [3.8, 4) is 11.3 Å². The molecule has 5 heteroatoms. The Bertz CT molecular complexity index is 908. The Morgan fingerprint density at radius 2 is 1.88 bits per heavy atom.